The summed E-state index contributed by atoms with van der Waals surface area (Å²) in [5.41, 5.74) is 20.6. The second-order valence-electron chi connectivity index (χ2n) is 44.9. The Balaban J connectivity index is 0.000000134. The third-order valence-corrected chi connectivity index (χ3v) is 31.9. The molecule has 0 spiro atoms. The van der Waals surface area contributed by atoms with Crippen LogP contribution in [0.25, 0.3) is 0 Å². The van der Waals surface area contributed by atoms with Gasteiger partial charge in [-0.05, 0) is 373 Å². The van der Waals surface area contributed by atoms with Crippen LogP contribution >= 0.6 is 0 Å². The summed E-state index contributed by atoms with van der Waals surface area (Å²) in [6, 6.07) is 24.5. The number of ether oxygens (including phenoxy) is 6. The average Bonchev–Trinajstić information content (AvgIpc) is 0.771. The van der Waals surface area contributed by atoms with Gasteiger partial charge in [-0.25, -0.2) is 0 Å². The summed E-state index contributed by atoms with van der Waals surface area (Å²) < 4.78 is 37.9. The van der Waals surface area contributed by atoms with Crippen molar-refractivity contribution in [3.05, 3.63) is 209 Å². The van der Waals surface area contributed by atoms with Gasteiger partial charge in [-0.1, -0.05) is 156 Å². The number of hydrogen-bond donors (Lipinski definition) is 6. The molecule has 0 fully saturated rings. The smallest absolute Gasteiger partial charge is 0.127 e. The van der Waals surface area contributed by atoms with Gasteiger partial charge in [0.05, 0.1) is 0 Å². The lowest BCUT2D eigenvalue weighted by Gasteiger charge is -2.47. The van der Waals surface area contributed by atoms with Crippen LogP contribution in [-0.2, 0) is 32.1 Å². The minimum atomic E-state index is -0.177. The van der Waals surface area contributed by atoms with Gasteiger partial charge < -0.3 is 59.1 Å². The molecule has 6 heterocycles. The summed E-state index contributed by atoms with van der Waals surface area (Å²) in [6.45, 7) is 52.5. The number of allylic oxidation sites excluding steroid dienone is 12. The van der Waals surface area contributed by atoms with E-state index in [0.717, 1.165) is 202 Å². The Kier molecular flexibility index (Phi) is 31.5. The summed E-state index contributed by atoms with van der Waals surface area (Å²) in [6.07, 6.45) is 46.6. The Morgan fingerprint density at radius 2 is 0.496 bits per heavy atom. The topological polar surface area (TPSA) is 177 Å². The van der Waals surface area contributed by atoms with Crippen LogP contribution in [-0.4, -0.2) is 64.2 Å². The fraction of sp³-hybridized carbons (Fsp3) is 0.597. The number of rotatable bonds is 17. The van der Waals surface area contributed by atoms with Crippen LogP contribution in [0.15, 0.2) is 143 Å². The number of unbranched alkanes of at least 4 members (excludes halogenated alkanes) is 7. The van der Waals surface area contributed by atoms with Gasteiger partial charge in [0.15, 0.2) is 0 Å². The minimum Gasteiger partial charge on any atom is -0.508 e. The minimum absolute atomic E-state index is 0.172. The zero-order valence-corrected chi connectivity index (χ0v) is 85.0. The van der Waals surface area contributed by atoms with E-state index >= 15 is 0 Å². The highest BCUT2D eigenvalue weighted by Gasteiger charge is 2.52. The number of aromatic hydroxyl groups is 6. The predicted octanol–water partition coefficient (Wildman–Crippen LogP) is 31.8. The molecule has 131 heavy (non-hydrogen) atoms. The van der Waals surface area contributed by atoms with E-state index in [2.05, 4.69) is 226 Å². The molecule has 0 bridgehead atoms. The fourth-order valence-corrected chi connectivity index (χ4v) is 24.8. The van der Waals surface area contributed by atoms with Gasteiger partial charge in [0.1, 0.15) is 103 Å². The first kappa shape index (κ1) is 99.8. The SMILES string of the molecule is CC1=C[C@H]2c3c(O)cc(C)cc3OC(C)(C)[C@@H]2CC1.CCCCCc1cc(O)c2c(c1)OC(C)(C)[C@@H]1CC=C(C)C[C@@H]21.CCCCCc1cc(O)c2c(c1)OC(C)(C)[C@@H]1CCC(C)=C[C@@H]21.CCCCCc1cc(O)c2c(c1)OC(C)(C)[C@H]1CC=C(C)C[C@@H]21.CCCCc1cc(O)c2c(c1)OC(C)(C)[C@@H]1CCC(C)=C[C@@H]21.CCCc1cc(O)c2c(c1)OC(C)(C)[C@@H]1CCC(C)=C[C@@H]21. The van der Waals surface area contributed by atoms with Crippen LogP contribution in [0.1, 0.15) is 416 Å². The highest BCUT2D eigenvalue weighted by atomic mass is 16.5. The first-order valence-corrected chi connectivity index (χ1v) is 51.3. The molecule has 12 atom stereocenters. The largest absolute Gasteiger partial charge is 0.508 e. The maximum absolute atomic E-state index is 10.7. The number of hydrogen-bond acceptors (Lipinski definition) is 12. The number of fused-ring (bicyclic) bond motifs is 18. The van der Waals surface area contributed by atoms with E-state index in [-0.39, 0.29) is 57.3 Å². The first-order valence-electron chi connectivity index (χ1n) is 51.3. The molecule has 12 heteroatoms. The Bertz CT molecular complexity index is 5120. The Morgan fingerprint density at radius 1 is 0.260 bits per heavy atom. The van der Waals surface area contributed by atoms with Crippen molar-refractivity contribution in [2.45, 2.75) is 421 Å². The molecule has 6 aliphatic carbocycles. The molecule has 0 amide bonds. The highest BCUT2D eigenvalue weighted by Crippen LogP contribution is 2.61. The van der Waals surface area contributed by atoms with Crippen LogP contribution in [0.4, 0.5) is 0 Å². The van der Waals surface area contributed by atoms with Gasteiger partial charge in [0.2, 0.25) is 0 Å². The van der Waals surface area contributed by atoms with E-state index < -0.39 is 0 Å². The lowest BCUT2D eigenvalue weighted by molar-refractivity contribution is 0.00717. The highest BCUT2D eigenvalue weighted by molar-refractivity contribution is 5.60. The van der Waals surface area contributed by atoms with Crippen molar-refractivity contribution < 1.29 is 59.1 Å². The average molecular weight is 1790 g/mol. The molecule has 0 saturated heterocycles. The van der Waals surface area contributed by atoms with E-state index in [9.17, 15) is 30.6 Å². The van der Waals surface area contributed by atoms with Crippen molar-refractivity contribution in [2.75, 3.05) is 0 Å². The number of aryl methyl sites for hydroxylation is 6. The normalized spacial score (nSPS) is 25.8. The molecule has 18 rings (SSSR count). The predicted molar refractivity (Wildman–Crippen MR) is 539 cm³/mol. The third-order valence-electron chi connectivity index (χ3n) is 31.9. The Morgan fingerprint density at radius 3 is 0.771 bits per heavy atom. The molecule has 0 unspecified atom stereocenters. The molecule has 12 nitrogen and oxygen atoms in total. The molecule has 6 aromatic rings. The lowest BCUT2D eigenvalue weighted by atomic mass is 9.67. The van der Waals surface area contributed by atoms with Crippen molar-refractivity contribution in [3.63, 3.8) is 0 Å². The van der Waals surface area contributed by atoms with Crippen LogP contribution in [0.5, 0.6) is 69.0 Å². The molecular weight excluding hydrogens is 1620 g/mol. The lowest BCUT2D eigenvalue weighted by Crippen LogP contribution is -2.45. The number of phenolic OH excluding ortho intramolecular Hbond substituents is 6. The molecule has 6 N–H and O–H groups in total. The standard InChI is InChI=1S/3C21H30O2.C20H28O2.C19H26O2.C17H22O2/c3*1-5-6-7-8-15-12-18(22)20-16-11-14(2)9-10-17(16)21(3,4)23-19(20)13-15;1-5-6-7-14-11-17(21)19-15-10-13(2)8-9-16(15)20(3,4)22-18(19)12-14;1-5-6-13-10-16(20)18-14-9-12(2)7-8-15(14)19(3,4)21-17(18)11-13;1-10-5-6-13-12(7-10)16-14(18)8-11(2)9-15(16)19-17(13,3)4/h11-13,16-17,22H,5-10H2,1-4H3;2*9,12-13,16-17,22H,5-8,10-11H2,1-4H3;10-12,15-16,21H,5-9H2,1-4H3;9-11,14-15,20H,5-8H2,1-4H3;7-9,12-13,18H,5-6H2,1-4H3/t16-,17-;16-,17+;16-,17-;15-,16-;14-,15-;12-,13-/m111111/s1. The zero-order chi connectivity index (χ0) is 94.7. The van der Waals surface area contributed by atoms with E-state index in [0.29, 0.717) is 81.8 Å². The zero-order valence-electron chi connectivity index (χ0n) is 85.0. The maximum Gasteiger partial charge on any atom is 0.127 e. The van der Waals surface area contributed by atoms with Gasteiger partial charge >= 0.3 is 0 Å². The van der Waals surface area contributed by atoms with E-state index in [4.69, 9.17) is 28.4 Å². The first-order chi connectivity index (χ1) is 62.0. The third kappa shape index (κ3) is 22.5. The van der Waals surface area contributed by atoms with E-state index in [1.54, 1.807) is 0 Å². The molecule has 12 aliphatic rings. The fourth-order valence-electron chi connectivity index (χ4n) is 24.8. The van der Waals surface area contributed by atoms with Crippen molar-refractivity contribution in [2.24, 2.45) is 35.5 Å². The second kappa shape index (κ2) is 41.3. The monoisotopic (exact) mass is 1790 g/mol. The van der Waals surface area contributed by atoms with Crippen LogP contribution < -0.4 is 28.4 Å². The van der Waals surface area contributed by atoms with E-state index in [1.165, 1.54) is 119 Å². The van der Waals surface area contributed by atoms with Gasteiger partial charge in [-0.2, -0.15) is 0 Å². The van der Waals surface area contributed by atoms with Crippen LogP contribution in [0.2, 0.25) is 0 Å². The molecular formula is C119H166O12. The van der Waals surface area contributed by atoms with E-state index in [1.807, 2.05) is 49.4 Å². The maximum atomic E-state index is 10.7. The van der Waals surface area contributed by atoms with Crippen LogP contribution in [0.3, 0.4) is 0 Å². The summed E-state index contributed by atoms with van der Waals surface area (Å²) in [5.74, 6) is 12.4. The summed E-state index contributed by atoms with van der Waals surface area (Å²) in [5, 5.41) is 63.6. The number of benzene rings is 6. The summed E-state index contributed by atoms with van der Waals surface area (Å²) in [4.78, 5) is 0. The molecule has 6 aromatic carbocycles. The number of phenols is 6. The van der Waals surface area contributed by atoms with Gasteiger partial charge in [0.25, 0.3) is 0 Å². The van der Waals surface area contributed by atoms with Crippen molar-refractivity contribution in [3.8, 4) is 69.0 Å². The molecule has 0 radical (unpaired) electrons. The molecule has 714 valence electrons. The Hall–Kier alpha value is -8.64. The summed E-state index contributed by atoms with van der Waals surface area (Å²) in [7, 11) is 0. The Labute approximate surface area is 789 Å². The quantitative estimate of drug-likeness (QED) is 0.0377. The van der Waals surface area contributed by atoms with Gasteiger partial charge in [0, 0.05) is 104 Å². The molecule has 6 aliphatic heterocycles. The summed E-state index contributed by atoms with van der Waals surface area (Å²) >= 11 is 0. The van der Waals surface area contributed by atoms with Crippen molar-refractivity contribution >= 4 is 0 Å². The molecule has 0 saturated carbocycles. The van der Waals surface area contributed by atoms with Gasteiger partial charge in [-0.15, -0.1) is 0 Å². The van der Waals surface area contributed by atoms with Crippen molar-refractivity contribution in [1.29, 1.82) is 0 Å². The van der Waals surface area contributed by atoms with Crippen LogP contribution in [0, 0.1) is 42.4 Å². The van der Waals surface area contributed by atoms with Crippen molar-refractivity contribution in [1.82, 2.24) is 0 Å². The molecule has 0 aromatic heterocycles. The van der Waals surface area contributed by atoms with Gasteiger partial charge in [-0.3, -0.25) is 0 Å². The second-order valence-corrected chi connectivity index (χ2v) is 44.9.